The van der Waals surface area contributed by atoms with Crippen molar-refractivity contribution in [2.45, 2.75) is 31.7 Å². The molecule has 2 rings (SSSR count). The molecule has 1 aromatic carbocycles. The topological polar surface area (TPSA) is 85.3 Å². The van der Waals surface area contributed by atoms with Crippen molar-refractivity contribution in [2.24, 2.45) is 0 Å². The molecule has 1 atom stereocenters. The Morgan fingerprint density at radius 1 is 1.29 bits per heavy atom. The van der Waals surface area contributed by atoms with Crippen LogP contribution in [0.15, 0.2) is 33.6 Å². The SMILES string of the molecule is Cc1cc(C(C)NS(=O)(=O)c2ccc(Cl)c(N)c2)c(C)o1. The van der Waals surface area contributed by atoms with Crippen molar-refractivity contribution in [2.75, 3.05) is 5.73 Å². The fourth-order valence-electron chi connectivity index (χ4n) is 2.13. The minimum atomic E-state index is -3.68. The van der Waals surface area contributed by atoms with Gasteiger partial charge in [-0.1, -0.05) is 11.6 Å². The molecular weight excluding hydrogens is 312 g/mol. The number of hydrogen-bond donors (Lipinski definition) is 2. The van der Waals surface area contributed by atoms with E-state index < -0.39 is 16.1 Å². The summed E-state index contributed by atoms with van der Waals surface area (Å²) in [5, 5.41) is 0.323. The molecule has 0 spiro atoms. The molecule has 0 radical (unpaired) electrons. The van der Waals surface area contributed by atoms with Gasteiger partial charge in [-0.05, 0) is 45.0 Å². The molecule has 1 aromatic heterocycles. The summed E-state index contributed by atoms with van der Waals surface area (Å²) in [6.45, 7) is 5.37. The van der Waals surface area contributed by atoms with Gasteiger partial charge in [0.05, 0.1) is 15.6 Å². The predicted octanol–water partition coefficient (Wildman–Crippen LogP) is 3.17. The van der Waals surface area contributed by atoms with E-state index in [0.29, 0.717) is 10.8 Å². The van der Waals surface area contributed by atoms with Crippen molar-refractivity contribution in [3.63, 3.8) is 0 Å². The van der Waals surface area contributed by atoms with Crippen LogP contribution in [-0.2, 0) is 10.0 Å². The van der Waals surface area contributed by atoms with E-state index in [1.807, 2.05) is 13.0 Å². The third kappa shape index (κ3) is 3.40. The summed E-state index contributed by atoms with van der Waals surface area (Å²) >= 11 is 5.80. The number of rotatable bonds is 4. The van der Waals surface area contributed by atoms with Crippen molar-refractivity contribution < 1.29 is 12.8 Å². The monoisotopic (exact) mass is 328 g/mol. The quantitative estimate of drug-likeness (QED) is 0.844. The van der Waals surface area contributed by atoms with Gasteiger partial charge in [0, 0.05) is 11.6 Å². The third-order valence-corrected chi connectivity index (χ3v) is 5.04. The lowest BCUT2D eigenvalue weighted by molar-refractivity contribution is 0.496. The Hall–Kier alpha value is -1.50. The third-order valence-electron chi connectivity index (χ3n) is 3.16. The maximum absolute atomic E-state index is 12.4. The van der Waals surface area contributed by atoms with Crippen LogP contribution < -0.4 is 10.5 Å². The van der Waals surface area contributed by atoms with E-state index in [1.54, 1.807) is 13.8 Å². The number of hydrogen-bond acceptors (Lipinski definition) is 4. The van der Waals surface area contributed by atoms with E-state index >= 15 is 0 Å². The van der Waals surface area contributed by atoms with E-state index in [4.69, 9.17) is 21.8 Å². The van der Waals surface area contributed by atoms with E-state index in [0.717, 1.165) is 11.3 Å². The summed E-state index contributed by atoms with van der Waals surface area (Å²) < 4.78 is 32.7. The summed E-state index contributed by atoms with van der Waals surface area (Å²) in [6, 6.07) is 5.62. The Morgan fingerprint density at radius 2 is 1.95 bits per heavy atom. The van der Waals surface area contributed by atoms with Crippen LogP contribution in [0.4, 0.5) is 5.69 Å². The molecule has 21 heavy (non-hydrogen) atoms. The lowest BCUT2D eigenvalue weighted by Crippen LogP contribution is -2.27. The molecule has 0 aliphatic carbocycles. The molecule has 5 nitrogen and oxygen atoms in total. The Labute approximate surface area is 129 Å². The zero-order chi connectivity index (χ0) is 15.8. The summed E-state index contributed by atoms with van der Waals surface area (Å²) in [5.41, 5.74) is 6.68. The highest BCUT2D eigenvalue weighted by molar-refractivity contribution is 7.89. The normalized spacial score (nSPS) is 13.3. The van der Waals surface area contributed by atoms with Crippen LogP contribution in [0.1, 0.15) is 30.0 Å². The van der Waals surface area contributed by atoms with Crippen LogP contribution in [0.5, 0.6) is 0 Å². The second-order valence-electron chi connectivity index (χ2n) is 4.89. The zero-order valence-electron chi connectivity index (χ0n) is 12.0. The first-order chi connectivity index (χ1) is 9.70. The summed E-state index contributed by atoms with van der Waals surface area (Å²) in [5.74, 6) is 1.43. The molecule has 2 aromatic rings. The van der Waals surface area contributed by atoms with Gasteiger partial charge < -0.3 is 10.2 Å². The van der Waals surface area contributed by atoms with Gasteiger partial charge in [0.2, 0.25) is 10.0 Å². The number of sulfonamides is 1. The second-order valence-corrected chi connectivity index (χ2v) is 7.02. The van der Waals surface area contributed by atoms with Crippen molar-refractivity contribution in [3.8, 4) is 0 Å². The number of nitrogens with two attached hydrogens (primary N) is 1. The van der Waals surface area contributed by atoms with Crippen molar-refractivity contribution >= 4 is 27.3 Å². The van der Waals surface area contributed by atoms with Crippen LogP contribution in [0, 0.1) is 13.8 Å². The highest BCUT2D eigenvalue weighted by Gasteiger charge is 2.21. The summed E-state index contributed by atoms with van der Waals surface area (Å²) in [6.07, 6.45) is 0. The fourth-order valence-corrected chi connectivity index (χ4v) is 3.51. The van der Waals surface area contributed by atoms with E-state index in [2.05, 4.69) is 4.72 Å². The average molecular weight is 329 g/mol. The van der Waals surface area contributed by atoms with Crippen molar-refractivity contribution in [1.29, 1.82) is 0 Å². The number of benzene rings is 1. The smallest absolute Gasteiger partial charge is 0.241 e. The molecule has 0 saturated heterocycles. The lowest BCUT2D eigenvalue weighted by atomic mass is 10.1. The van der Waals surface area contributed by atoms with E-state index in [1.165, 1.54) is 18.2 Å². The molecule has 0 aliphatic rings. The minimum absolute atomic E-state index is 0.0779. The first kappa shape index (κ1) is 15.9. The summed E-state index contributed by atoms with van der Waals surface area (Å²) in [7, 11) is -3.68. The van der Waals surface area contributed by atoms with Crippen LogP contribution in [0.25, 0.3) is 0 Å². The Balaban J connectivity index is 2.28. The fraction of sp³-hybridized carbons (Fsp3) is 0.286. The molecule has 0 amide bonds. The molecular formula is C14H17ClN2O3S. The molecule has 1 unspecified atom stereocenters. The van der Waals surface area contributed by atoms with Crippen molar-refractivity contribution in [3.05, 3.63) is 46.4 Å². The highest BCUT2D eigenvalue weighted by atomic mass is 35.5. The molecule has 7 heteroatoms. The van der Waals surface area contributed by atoms with Gasteiger partial charge in [0.15, 0.2) is 0 Å². The number of nitrogen functional groups attached to an aromatic ring is 1. The number of aryl methyl sites for hydroxylation is 2. The molecule has 0 saturated carbocycles. The maximum atomic E-state index is 12.4. The molecule has 0 fully saturated rings. The number of nitrogens with one attached hydrogen (secondary N) is 1. The summed E-state index contributed by atoms with van der Waals surface area (Å²) in [4.78, 5) is 0.0779. The number of anilines is 1. The Morgan fingerprint density at radius 3 is 2.48 bits per heavy atom. The average Bonchev–Trinajstić information content (AvgIpc) is 2.71. The number of furan rings is 1. The standard InChI is InChI=1S/C14H17ClN2O3S/c1-8-6-12(10(3)20-8)9(2)17-21(18,19)11-4-5-13(15)14(16)7-11/h4-7,9,17H,16H2,1-3H3. The molecule has 114 valence electrons. The maximum Gasteiger partial charge on any atom is 0.241 e. The second kappa shape index (κ2) is 5.71. The minimum Gasteiger partial charge on any atom is -0.466 e. The first-order valence-electron chi connectivity index (χ1n) is 6.35. The highest BCUT2D eigenvalue weighted by Crippen LogP contribution is 2.25. The van der Waals surface area contributed by atoms with E-state index in [9.17, 15) is 8.42 Å². The van der Waals surface area contributed by atoms with E-state index in [-0.39, 0.29) is 10.6 Å². The van der Waals surface area contributed by atoms with Gasteiger partial charge in [-0.15, -0.1) is 0 Å². The van der Waals surface area contributed by atoms with Gasteiger partial charge in [-0.2, -0.15) is 0 Å². The molecule has 0 bridgehead atoms. The molecule has 0 aliphatic heterocycles. The van der Waals surface area contributed by atoms with Crippen LogP contribution >= 0.6 is 11.6 Å². The van der Waals surface area contributed by atoms with Gasteiger partial charge >= 0.3 is 0 Å². The van der Waals surface area contributed by atoms with Gasteiger partial charge in [-0.25, -0.2) is 13.1 Å². The zero-order valence-corrected chi connectivity index (χ0v) is 13.5. The van der Waals surface area contributed by atoms with Gasteiger partial charge in [0.1, 0.15) is 11.5 Å². The Bertz CT molecular complexity index is 769. The van der Waals surface area contributed by atoms with Crippen LogP contribution in [0.3, 0.4) is 0 Å². The Kier molecular flexibility index (Phi) is 4.32. The predicted molar refractivity (Wildman–Crippen MR) is 82.8 cm³/mol. The van der Waals surface area contributed by atoms with Gasteiger partial charge in [0.25, 0.3) is 0 Å². The first-order valence-corrected chi connectivity index (χ1v) is 8.21. The van der Waals surface area contributed by atoms with Crippen LogP contribution in [-0.4, -0.2) is 8.42 Å². The van der Waals surface area contributed by atoms with Crippen molar-refractivity contribution in [1.82, 2.24) is 4.72 Å². The molecule has 1 heterocycles. The lowest BCUT2D eigenvalue weighted by Gasteiger charge is -2.14. The number of halogens is 1. The van der Waals surface area contributed by atoms with Gasteiger partial charge in [-0.3, -0.25) is 0 Å². The van der Waals surface area contributed by atoms with Crippen LogP contribution in [0.2, 0.25) is 5.02 Å². The molecule has 3 N–H and O–H groups in total. The largest absolute Gasteiger partial charge is 0.466 e.